The minimum Gasteiger partial charge on any atom is -0.453 e. The molecule has 2 aromatic carbocycles. The molecule has 1 atom stereocenters. The molecular weight excluding hydrogens is 352 g/mol. The molecule has 132 valence electrons. The number of hydrogen-bond acceptors (Lipinski definition) is 3. The van der Waals surface area contributed by atoms with E-state index in [2.05, 4.69) is 5.32 Å². The van der Waals surface area contributed by atoms with Crippen molar-refractivity contribution in [2.24, 2.45) is 0 Å². The van der Waals surface area contributed by atoms with Crippen molar-refractivity contribution in [3.05, 3.63) is 64.7 Å². The summed E-state index contributed by atoms with van der Waals surface area (Å²) in [5, 5.41) is 2.51. The number of carbonyl (C=O) groups is 2. The summed E-state index contributed by atoms with van der Waals surface area (Å²) >= 11 is 5.82. The van der Waals surface area contributed by atoms with Gasteiger partial charge in [0, 0.05) is 6.42 Å². The van der Waals surface area contributed by atoms with Gasteiger partial charge in [-0.3, -0.25) is 9.59 Å². The van der Waals surface area contributed by atoms with Crippen LogP contribution in [0.15, 0.2) is 42.5 Å². The minimum absolute atomic E-state index is 0.0446. The van der Waals surface area contributed by atoms with Crippen LogP contribution in [0.2, 0.25) is 5.02 Å². The lowest BCUT2D eigenvalue weighted by atomic mass is 10.1. The molecule has 0 aliphatic rings. The van der Waals surface area contributed by atoms with Crippen LogP contribution in [-0.4, -0.2) is 18.0 Å². The Bertz CT molecular complexity index is 765. The van der Waals surface area contributed by atoms with Crippen LogP contribution in [0.3, 0.4) is 0 Å². The van der Waals surface area contributed by atoms with Gasteiger partial charge in [0.25, 0.3) is 5.91 Å². The zero-order valence-electron chi connectivity index (χ0n) is 13.4. The quantitative estimate of drug-likeness (QED) is 0.781. The summed E-state index contributed by atoms with van der Waals surface area (Å²) in [5.41, 5.74) is 1.01. The van der Waals surface area contributed by atoms with Gasteiger partial charge in [-0.1, -0.05) is 23.7 Å². The van der Waals surface area contributed by atoms with Gasteiger partial charge in [0.1, 0.15) is 11.6 Å². The molecule has 0 aliphatic heterocycles. The fraction of sp³-hybridized carbons (Fsp3) is 0.222. The summed E-state index contributed by atoms with van der Waals surface area (Å²) < 4.78 is 30.8. The number of carbonyl (C=O) groups excluding carboxylic acids is 2. The SMILES string of the molecule is C[C@H](OC(=O)CCc1ccc(F)cc1)C(=O)Nc1ccc(F)cc1Cl. The monoisotopic (exact) mass is 367 g/mol. The highest BCUT2D eigenvalue weighted by Crippen LogP contribution is 2.22. The lowest BCUT2D eigenvalue weighted by molar-refractivity contribution is -0.153. The molecule has 2 aromatic rings. The Morgan fingerprint density at radius 2 is 1.76 bits per heavy atom. The fourth-order valence-corrected chi connectivity index (χ4v) is 2.25. The number of halogens is 3. The molecule has 0 unspecified atom stereocenters. The van der Waals surface area contributed by atoms with Crippen LogP contribution in [0.1, 0.15) is 18.9 Å². The maximum atomic E-state index is 13.0. The third-order valence-corrected chi connectivity index (χ3v) is 3.71. The van der Waals surface area contributed by atoms with Gasteiger partial charge in [-0.25, -0.2) is 8.78 Å². The van der Waals surface area contributed by atoms with Crippen LogP contribution in [0.5, 0.6) is 0 Å². The van der Waals surface area contributed by atoms with E-state index in [1.54, 1.807) is 12.1 Å². The van der Waals surface area contributed by atoms with Crippen molar-refractivity contribution < 1.29 is 23.1 Å². The van der Waals surface area contributed by atoms with E-state index in [9.17, 15) is 18.4 Å². The predicted octanol–water partition coefficient (Wildman–Crippen LogP) is 4.12. The van der Waals surface area contributed by atoms with E-state index in [1.165, 1.54) is 25.1 Å². The molecule has 2 rings (SSSR count). The van der Waals surface area contributed by atoms with E-state index in [0.717, 1.165) is 17.7 Å². The van der Waals surface area contributed by atoms with E-state index >= 15 is 0 Å². The first-order chi connectivity index (χ1) is 11.8. The molecule has 7 heteroatoms. The largest absolute Gasteiger partial charge is 0.453 e. The molecule has 1 amide bonds. The Balaban J connectivity index is 1.83. The van der Waals surface area contributed by atoms with Crippen LogP contribution >= 0.6 is 11.6 Å². The Kier molecular flexibility index (Phi) is 6.47. The van der Waals surface area contributed by atoms with Crippen molar-refractivity contribution in [3.8, 4) is 0 Å². The molecule has 0 radical (unpaired) electrons. The average Bonchev–Trinajstić information content (AvgIpc) is 2.56. The normalized spacial score (nSPS) is 11.7. The van der Waals surface area contributed by atoms with Crippen molar-refractivity contribution in [2.75, 3.05) is 5.32 Å². The first-order valence-corrected chi connectivity index (χ1v) is 7.93. The van der Waals surface area contributed by atoms with Gasteiger partial charge in [0.2, 0.25) is 0 Å². The van der Waals surface area contributed by atoms with Crippen LogP contribution < -0.4 is 5.32 Å². The number of esters is 1. The van der Waals surface area contributed by atoms with Crippen molar-refractivity contribution in [1.82, 2.24) is 0 Å². The van der Waals surface area contributed by atoms with Gasteiger partial charge in [-0.15, -0.1) is 0 Å². The fourth-order valence-electron chi connectivity index (χ4n) is 2.03. The van der Waals surface area contributed by atoms with Gasteiger partial charge >= 0.3 is 5.97 Å². The topological polar surface area (TPSA) is 55.4 Å². The molecule has 0 spiro atoms. The average molecular weight is 368 g/mol. The highest BCUT2D eigenvalue weighted by molar-refractivity contribution is 6.33. The predicted molar refractivity (Wildman–Crippen MR) is 90.3 cm³/mol. The van der Waals surface area contributed by atoms with Gasteiger partial charge in [0.05, 0.1) is 10.7 Å². The Hall–Kier alpha value is -2.47. The minimum atomic E-state index is -1.04. The van der Waals surface area contributed by atoms with Crippen molar-refractivity contribution in [3.63, 3.8) is 0 Å². The summed E-state index contributed by atoms with van der Waals surface area (Å²) in [6.07, 6.45) is -0.612. The molecular formula is C18H16ClF2NO3. The Labute approximate surface area is 148 Å². The van der Waals surface area contributed by atoms with E-state index in [0.29, 0.717) is 6.42 Å². The summed E-state index contributed by atoms with van der Waals surface area (Å²) in [6.45, 7) is 1.42. The molecule has 0 aliphatic carbocycles. The molecule has 0 saturated heterocycles. The van der Waals surface area contributed by atoms with E-state index < -0.39 is 23.8 Å². The maximum absolute atomic E-state index is 13.0. The number of hydrogen-bond donors (Lipinski definition) is 1. The second-order valence-electron chi connectivity index (χ2n) is 5.37. The Morgan fingerprint density at radius 1 is 1.12 bits per heavy atom. The van der Waals surface area contributed by atoms with E-state index in [4.69, 9.17) is 16.3 Å². The Morgan fingerprint density at radius 3 is 2.40 bits per heavy atom. The zero-order valence-corrected chi connectivity index (χ0v) is 14.1. The third-order valence-electron chi connectivity index (χ3n) is 3.40. The summed E-state index contributed by atoms with van der Waals surface area (Å²) in [6, 6.07) is 9.31. The summed E-state index contributed by atoms with van der Waals surface area (Å²) in [5.74, 6) is -2.01. The highest BCUT2D eigenvalue weighted by atomic mass is 35.5. The van der Waals surface area contributed by atoms with Crippen LogP contribution in [0.4, 0.5) is 14.5 Å². The summed E-state index contributed by atoms with van der Waals surface area (Å²) in [4.78, 5) is 23.8. The van der Waals surface area contributed by atoms with Crippen LogP contribution in [0, 0.1) is 11.6 Å². The molecule has 0 aromatic heterocycles. The molecule has 1 N–H and O–H groups in total. The van der Waals surface area contributed by atoms with Gasteiger partial charge < -0.3 is 10.1 Å². The number of benzene rings is 2. The van der Waals surface area contributed by atoms with Gasteiger partial charge in [-0.05, 0) is 49.2 Å². The first kappa shape index (κ1) is 18.9. The lowest BCUT2D eigenvalue weighted by Gasteiger charge is -2.14. The first-order valence-electron chi connectivity index (χ1n) is 7.55. The highest BCUT2D eigenvalue weighted by Gasteiger charge is 2.19. The van der Waals surface area contributed by atoms with Gasteiger partial charge in [-0.2, -0.15) is 0 Å². The molecule has 0 fully saturated rings. The number of rotatable bonds is 6. The number of amides is 1. The number of nitrogens with one attached hydrogen (secondary N) is 1. The second-order valence-corrected chi connectivity index (χ2v) is 5.78. The van der Waals surface area contributed by atoms with E-state index in [1.807, 2.05) is 0 Å². The molecule has 0 bridgehead atoms. The lowest BCUT2D eigenvalue weighted by Crippen LogP contribution is -2.30. The maximum Gasteiger partial charge on any atom is 0.306 e. The number of ether oxygens (including phenoxy) is 1. The van der Waals surface area contributed by atoms with Crippen LogP contribution in [-0.2, 0) is 20.7 Å². The van der Waals surface area contributed by atoms with Crippen molar-refractivity contribution >= 4 is 29.2 Å². The van der Waals surface area contributed by atoms with Crippen molar-refractivity contribution in [1.29, 1.82) is 0 Å². The number of anilines is 1. The molecule has 4 nitrogen and oxygen atoms in total. The molecule has 0 heterocycles. The standard InChI is InChI=1S/C18H16ClF2NO3/c1-11(18(24)22-16-8-7-14(21)10-15(16)19)25-17(23)9-4-12-2-5-13(20)6-3-12/h2-3,5-8,10-11H,4,9H2,1H3,(H,22,24)/t11-/m0/s1. The second kappa shape index (κ2) is 8.58. The zero-order chi connectivity index (χ0) is 18.4. The van der Waals surface area contributed by atoms with Gasteiger partial charge in [0.15, 0.2) is 6.10 Å². The number of aryl methyl sites for hydroxylation is 1. The molecule has 0 saturated carbocycles. The third kappa shape index (κ3) is 5.83. The smallest absolute Gasteiger partial charge is 0.306 e. The summed E-state index contributed by atoms with van der Waals surface area (Å²) in [7, 11) is 0. The van der Waals surface area contributed by atoms with Crippen molar-refractivity contribution in [2.45, 2.75) is 25.9 Å². The molecule has 25 heavy (non-hydrogen) atoms. The van der Waals surface area contributed by atoms with Crippen LogP contribution in [0.25, 0.3) is 0 Å². The van der Waals surface area contributed by atoms with E-state index in [-0.39, 0.29) is 22.9 Å².